The number of hydrogen-bond acceptors (Lipinski definition) is 1. The van der Waals surface area contributed by atoms with E-state index >= 15 is 0 Å². The zero-order valence-electron chi connectivity index (χ0n) is 7.05. The largest absolute Gasteiger partial charge is 0.507 e. The van der Waals surface area contributed by atoms with E-state index in [1.165, 1.54) is 0 Å². The molecule has 1 nitrogen and oxygen atoms in total. The van der Waals surface area contributed by atoms with Gasteiger partial charge in [-0.2, -0.15) is 0 Å². The summed E-state index contributed by atoms with van der Waals surface area (Å²) in [7, 11) is 0. The Bertz CT molecular complexity index is 405. The van der Waals surface area contributed by atoms with E-state index in [0.717, 1.165) is 27.6 Å². The van der Waals surface area contributed by atoms with Crippen molar-refractivity contribution in [2.75, 3.05) is 0 Å². The molecular weight excluding hydrogens is 228 g/mol. The molecule has 0 atom stereocenters. The molecule has 0 saturated heterocycles. The molecule has 0 radical (unpaired) electrons. The first kappa shape index (κ1) is 8.57. The Morgan fingerprint density at radius 2 is 2.15 bits per heavy atom. The van der Waals surface area contributed by atoms with Gasteiger partial charge in [-0.25, -0.2) is 0 Å². The Morgan fingerprint density at radius 1 is 1.38 bits per heavy atom. The summed E-state index contributed by atoms with van der Waals surface area (Å²) in [4.78, 5) is 0. The molecule has 0 aromatic heterocycles. The Morgan fingerprint density at radius 3 is 2.92 bits per heavy atom. The molecule has 1 aromatic rings. The van der Waals surface area contributed by atoms with Crippen LogP contribution in [0.4, 0.5) is 0 Å². The van der Waals surface area contributed by atoms with E-state index in [9.17, 15) is 5.11 Å². The molecule has 0 fully saturated rings. The van der Waals surface area contributed by atoms with Gasteiger partial charge in [-0.15, -0.1) is 0 Å². The third-order valence-electron chi connectivity index (χ3n) is 2.11. The SMILES string of the molecule is C=C1C=C(O)c2cc(Br)ccc2C1. The Hall–Kier alpha value is -1.02. The molecule has 1 aliphatic carbocycles. The topological polar surface area (TPSA) is 20.2 Å². The van der Waals surface area contributed by atoms with Gasteiger partial charge in [-0.3, -0.25) is 0 Å². The monoisotopic (exact) mass is 236 g/mol. The second-order valence-electron chi connectivity index (χ2n) is 3.17. The van der Waals surface area contributed by atoms with E-state index in [1.807, 2.05) is 18.2 Å². The van der Waals surface area contributed by atoms with Crippen molar-refractivity contribution in [2.45, 2.75) is 6.42 Å². The second kappa shape index (κ2) is 3.04. The van der Waals surface area contributed by atoms with Crippen molar-refractivity contribution in [2.24, 2.45) is 0 Å². The summed E-state index contributed by atoms with van der Waals surface area (Å²) in [5, 5.41) is 9.64. The average Bonchev–Trinajstić information content (AvgIpc) is 2.06. The number of hydrogen-bond donors (Lipinski definition) is 1. The molecule has 0 unspecified atom stereocenters. The van der Waals surface area contributed by atoms with Gasteiger partial charge in [0.1, 0.15) is 5.76 Å². The molecule has 0 spiro atoms. The number of aliphatic hydroxyl groups is 1. The van der Waals surface area contributed by atoms with Crippen LogP contribution < -0.4 is 0 Å². The predicted octanol–water partition coefficient (Wildman–Crippen LogP) is 3.46. The fourth-order valence-electron chi connectivity index (χ4n) is 1.51. The lowest BCUT2D eigenvalue weighted by Crippen LogP contribution is -2.00. The molecule has 0 aliphatic heterocycles. The van der Waals surface area contributed by atoms with E-state index in [2.05, 4.69) is 22.5 Å². The van der Waals surface area contributed by atoms with E-state index < -0.39 is 0 Å². The van der Waals surface area contributed by atoms with Crippen molar-refractivity contribution in [3.05, 3.63) is 52.0 Å². The van der Waals surface area contributed by atoms with E-state index in [1.54, 1.807) is 6.08 Å². The summed E-state index contributed by atoms with van der Waals surface area (Å²) < 4.78 is 0.985. The van der Waals surface area contributed by atoms with Crippen LogP contribution in [-0.2, 0) is 6.42 Å². The van der Waals surface area contributed by atoms with E-state index in [4.69, 9.17) is 0 Å². The quantitative estimate of drug-likeness (QED) is 0.732. The van der Waals surface area contributed by atoms with Crippen molar-refractivity contribution >= 4 is 21.7 Å². The Balaban J connectivity index is 2.60. The number of halogens is 1. The maximum Gasteiger partial charge on any atom is 0.123 e. The number of aliphatic hydroxyl groups excluding tert-OH is 1. The summed E-state index contributed by atoms with van der Waals surface area (Å²) in [6.07, 6.45) is 2.54. The van der Waals surface area contributed by atoms with Gasteiger partial charge in [0.05, 0.1) is 0 Å². The highest BCUT2D eigenvalue weighted by atomic mass is 79.9. The van der Waals surface area contributed by atoms with Crippen LogP contribution in [0.15, 0.2) is 40.9 Å². The molecule has 1 aromatic carbocycles. The molecule has 1 N–H and O–H groups in total. The third kappa shape index (κ3) is 1.54. The van der Waals surface area contributed by atoms with Gasteiger partial charge in [0.15, 0.2) is 0 Å². The van der Waals surface area contributed by atoms with Crippen molar-refractivity contribution < 1.29 is 5.11 Å². The highest BCUT2D eigenvalue weighted by Crippen LogP contribution is 2.28. The van der Waals surface area contributed by atoms with E-state index in [-0.39, 0.29) is 0 Å². The minimum atomic E-state index is 0.313. The molecule has 2 heteroatoms. The normalized spacial score (nSPS) is 15.2. The zero-order valence-corrected chi connectivity index (χ0v) is 8.63. The van der Waals surface area contributed by atoms with Crippen molar-refractivity contribution in [1.82, 2.24) is 0 Å². The maximum absolute atomic E-state index is 9.64. The average molecular weight is 237 g/mol. The van der Waals surface area contributed by atoms with Gasteiger partial charge in [-0.1, -0.05) is 28.6 Å². The minimum absolute atomic E-state index is 0.313. The maximum atomic E-state index is 9.64. The number of rotatable bonds is 0. The minimum Gasteiger partial charge on any atom is -0.507 e. The zero-order chi connectivity index (χ0) is 9.42. The molecule has 2 rings (SSSR count). The summed E-state index contributed by atoms with van der Waals surface area (Å²) in [6.45, 7) is 3.84. The Labute approximate surface area is 85.5 Å². The van der Waals surface area contributed by atoms with Crippen LogP contribution in [-0.4, -0.2) is 5.11 Å². The standard InChI is InChI=1S/C11H9BrO/c1-7-4-8-2-3-9(12)6-10(8)11(13)5-7/h2-3,5-6,13H,1,4H2. The smallest absolute Gasteiger partial charge is 0.123 e. The lowest BCUT2D eigenvalue weighted by atomic mass is 9.93. The molecule has 0 amide bonds. The fraction of sp³-hybridized carbons (Fsp3) is 0.0909. The van der Waals surface area contributed by atoms with E-state index in [0.29, 0.717) is 5.76 Å². The van der Waals surface area contributed by atoms with Crippen LogP contribution in [0.3, 0.4) is 0 Å². The number of benzene rings is 1. The molecule has 0 bridgehead atoms. The van der Waals surface area contributed by atoms with Crippen LogP contribution >= 0.6 is 15.9 Å². The first-order valence-corrected chi connectivity index (χ1v) is 4.83. The lowest BCUT2D eigenvalue weighted by molar-refractivity contribution is 0.508. The summed E-state index contributed by atoms with van der Waals surface area (Å²) >= 11 is 3.37. The molecule has 0 heterocycles. The highest BCUT2D eigenvalue weighted by molar-refractivity contribution is 9.10. The lowest BCUT2D eigenvalue weighted by Gasteiger charge is -2.15. The molecule has 66 valence electrons. The third-order valence-corrected chi connectivity index (χ3v) is 2.60. The summed E-state index contributed by atoms with van der Waals surface area (Å²) in [5.41, 5.74) is 2.99. The molecule has 1 aliphatic rings. The van der Waals surface area contributed by atoms with Crippen molar-refractivity contribution in [3.8, 4) is 0 Å². The van der Waals surface area contributed by atoms with Crippen LogP contribution in [0.2, 0.25) is 0 Å². The van der Waals surface area contributed by atoms with Crippen molar-refractivity contribution in [3.63, 3.8) is 0 Å². The molecule has 13 heavy (non-hydrogen) atoms. The van der Waals surface area contributed by atoms with Crippen LogP contribution in [0, 0.1) is 0 Å². The molecular formula is C11H9BrO. The van der Waals surface area contributed by atoms with Crippen molar-refractivity contribution in [1.29, 1.82) is 0 Å². The van der Waals surface area contributed by atoms with Gasteiger partial charge in [0.25, 0.3) is 0 Å². The Kier molecular flexibility index (Phi) is 2.00. The first-order chi connectivity index (χ1) is 6.16. The van der Waals surface area contributed by atoms with Gasteiger partial charge >= 0.3 is 0 Å². The van der Waals surface area contributed by atoms with Crippen LogP contribution in [0.25, 0.3) is 5.76 Å². The molecule has 0 saturated carbocycles. The van der Waals surface area contributed by atoms with Crippen LogP contribution in [0.1, 0.15) is 11.1 Å². The predicted molar refractivity (Wildman–Crippen MR) is 57.6 cm³/mol. The van der Waals surface area contributed by atoms with Gasteiger partial charge in [0, 0.05) is 10.0 Å². The van der Waals surface area contributed by atoms with Gasteiger partial charge in [-0.05, 0) is 35.8 Å². The van der Waals surface area contributed by atoms with Crippen LogP contribution in [0.5, 0.6) is 0 Å². The summed E-state index contributed by atoms with van der Waals surface area (Å²) in [5.74, 6) is 0.313. The number of fused-ring (bicyclic) bond motifs is 1. The highest BCUT2D eigenvalue weighted by Gasteiger charge is 2.13. The van der Waals surface area contributed by atoms with Gasteiger partial charge in [0.2, 0.25) is 0 Å². The second-order valence-corrected chi connectivity index (χ2v) is 4.08. The summed E-state index contributed by atoms with van der Waals surface area (Å²) in [6, 6.07) is 5.91. The fourth-order valence-corrected chi connectivity index (χ4v) is 1.87. The first-order valence-electron chi connectivity index (χ1n) is 4.04. The van der Waals surface area contributed by atoms with Gasteiger partial charge < -0.3 is 5.11 Å². The number of allylic oxidation sites excluding steroid dienone is 2.